The number of rotatable bonds is 1. The molecular formula is C36H58O10. The number of carbonyl (C=O) groups excluding carboxylic acids is 1. The summed E-state index contributed by atoms with van der Waals surface area (Å²) in [6.45, 7) is 7.40. The molecule has 8 N–H and O–H groups in total. The average Bonchev–Trinajstić information content (AvgIpc) is 2.95. The topological polar surface area (TPSA) is 188 Å². The van der Waals surface area contributed by atoms with Gasteiger partial charge in [-0.1, -0.05) is 94.5 Å². The first-order chi connectivity index (χ1) is 21.7. The van der Waals surface area contributed by atoms with Crippen LogP contribution in [0.2, 0.25) is 0 Å². The van der Waals surface area contributed by atoms with Gasteiger partial charge in [0.15, 0.2) is 0 Å². The first-order valence-corrected chi connectivity index (χ1v) is 16.4. The maximum atomic E-state index is 12.4. The summed E-state index contributed by atoms with van der Waals surface area (Å²) < 4.78 is 5.65. The lowest BCUT2D eigenvalue weighted by Gasteiger charge is -2.26. The van der Waals surface area contributed by atoms with Crippen LogP contribution in [-0.2, 0) is 9.53 Å². The molecular weight excluding hydrogens is 592 g/mol. The van der Waals surface area contributed by atoms with Crippen LogP contribution in [0.15, 0.2) is 72.9 Å². The summed E-state index contributed by atoms with van der Waals surface area (Å²) in [6, 6.07) is 0. The monoisotopic (exact) mass is 650 g/mol. The number of allylic oxidation sites excluding steroid dienone is 8. The smallest absolute Gasteiger partial charge is 0.331 e. The van der Waals surface area contributed by atoms with Gasteiger partial charge in [-0.05, 0) is 44.4 Å². The van der Waals surface area contributed by atoms with Crippen molar-refractivity contribution >= 4 is 5.97 Å². The van der Waals surface area contributed by atoms with E-state index >= 15 is 0 Å². The fourth-order valence-corrected chi connectivity index (χ4v) is 5.31. The molecule has 10 heteroatoms. The van der Waals surface area contributed by atoms with Crippen molar-refractivity contribution in [2.75, 3.05) is 0 Å². The lowest BCUT2D eigenvalue weighted by molar-refractivity contribution is -0.147. The Kier molecular flexibility index (Phi) is 20.8. The second-order valence-corrected chi connectivity index (χ2v) is 12.8. The van der Waals surface area contributed by atoms with E-state index in [2.05, 4.69) is 0 Å². The van der Waals surface area contributed by atoms with Crippen LogP contribution in [-0.4, -0.2) is 102 Å². The van der Waals surface area contributed by atoms with E-state index in [1.165, 1.54) is 12.2 Å². The third-order valence-corrected chi connectivity index (χ3v) is 8.01. The van der Waals surface area contributed by atoms with Crippen LogP contribution in [0.3, 0.4) is 0 Å². The highest BCUT2D eigenvalue weighted by molar-refractivity contribution is 5.82. The van der Waals surface area contributed by atoms with Gasteiger partial charge >= 0.3 is 5.97 Å². The third kappa shape index (κ3) is 18.7. The molecule has 0 unspecified atom stereocenters. The minimum absolute atomic E-state index is 0.00324. The molecule has 1 aliphatic heterocycles. The van der Waals surface area contributed by atoms with Crippen molar-refractivity contribution in [2.45, 2.75) is 128 Å². The van der Waals surface area contributed by atoms with Crippen LogP contribution < -0.4 is 0 Å². The standard InChI is InChI=1S/C36H58O10/c1-24(2)36-25(3)16-17-27(37)18-28(38)19-29(39)20-30(40)21-31(41)22-32(42)23-34(44)26(4)33(43)14-12-10-8-6-5-7-9-11-13-15-35(45)46-36/h5-13,15-17,24-34,36-44H,14,18-23H2,1-4H3/b7-5+,8-6+,11-9+,12-10+,15-13+,17-16+/t25-,26-,27-,28-,29+,30-,31+,32-,33-,34-,36+/m0/s1. The summed E-state index contributed by atoms with van der Waals surface area (Å²) in [7, 11) is 0. The van der Waals surface area contributed by atoms with Crippen molar-refractivity contribution in [2.24, 2.45) is 17.8 Å². The fourth-order valence-electron chi connectivity index (χ4n) is 5.31. The Morgan fingerprint density at radius 1 is 0.609 bits per heavy atom. The average molecular weight is 651 g/mol. The molecule has 1 heterocycles. The molecule has 262 valence electrons. The second-order valence-electron chi connectivity index (χ2n) is 12.8. The minimum Gasteiger partial charge on any atom is -0.458 e. The van der Waals surface area contributed by atoms with Gasteiger partial charge < -0.3 is 45.6 Å². The first kappa shape index (κ1) is 41.6. The molecule has 0 bridgehead atoms. The van der Waals surface area contributed by atoms with Crippen molar-refractivity contribution < 1.29 is 50.4 Å². The van der Waals surface area contributed by atoms with Crippen LogP contribution >= 0.6 is 0 Å². The summed E-state index contributed by atoms with van der Waals surface area (Å²) in [5.41, 5.74) is 0. The maximum absolute atomic E-state index is 12.4. The minimum atomic E-state index is -1.10. The van der Waals surface area contributed by atoms with Gasteiger partial charge in [-0.2, -0.15) is 0 Å². The van der Waals surface area contributed by atoms with Gasteiger partial charge in [-0.3, -0.25) is 0 Å². The highest BCUT2D eigenvalue weighted by Crippen LogP contribution is 2.22. The van der Waals surface area contributed by atoms with Crippen LogP contribution in [0, 0.1) is 17.8 Å². The molecule has 10 nitrogen and oxygen atoms in total. The summed E-state index contributed by atoms with van der Waals surface area (Å²) in [5, 5.41) is 83.2. The summed E-state index contributed by atoms with van der Waals surface area (Å²) in [6.07, 6.45) is 11.3. The molecule has 0 saturated carbocycles. The zero-order valence-corrected chi connectivity index (χ0v) is 27.7. The zero-order valence-electron chi connectivity index (χ0n) is 27.7. The highest BCUT2D eigenvalue weighted by atomic mass is 16.5. The molecule has 0 saturated heterocycles. The predicted molar refractivity (Wildman–Crippen MR) is 178 cm³/mol. The van der Waals surface area contributed by atoms with E-state index in [0.29, 0.717) is 6.42 Å². The Bertz CT molecular complexity index is 1020. The second kappa shape index (κ2) is 23.0. The van der Waals surface area contributed by atoms with Gasteiger partial charge in [0.05, 0.1) is 48.8 Å². The molecule has 11 atom stereocenters. The number of aliphatic hydroxyl groups is 8. The number of ether oxygens (including phenoxy) is 1. The van der Waals surface area contributed by atoms with Gasteiger partial charge in [0.1, 0.15) is 6.10 Å². The molecule has 0 spiro atoms. The summed E-state index contributed by atoms with van der Waals surface area (Å²) in [5.74, 6) is -1.25. The predicted octanol–water partition coefficient (Wildman–Crippen LogP) is 2.80. The molecule has 1 rings (SSSR count). The largest absolute Gasteiger partial charge is 0.458 e. The molecule has 0 aliphatic carbocycles. The Hall–Kier alpha value is -2.41. The number of carbonyl (C=O) groups is 1. The van der Waals surface area contributed by atoms with Gasteiger partial charge in [0.25, 0.3) is 0 Å². The lowest BCUT2D eigenvalue weighted by Crippen LogP contribution is -2.34. The van der Waals surface area contributed by atoms with Crippen molar-refractivity contribution in [1.29, 1.82) is 0 Å². The zero-order chi connectivity index (χ0) is 34.6. The van der Waals surface area contributed by atoms with Crippen LogP contribution in [0.25, 0.3) is 0 Å². The summed E-state index contributed by atoms with van der Waals surface area (Å²) >= 11 is 0. The van der Waals surface area contributed by atoms with Crippen molar-refractivity contribution in [3.05, 3.63) is 72.9 Å². The molecule has 0 aromatic rings. The number of hydrogen-bond donors (Lipinski definition) is 8. The molecule has 0 radical (unpaired) electrons. The van der Waals surface area contributed by atoms with Gasteiger partial charge in [0.2, 0.25) is 0 Å². The first-order valence-electron chi connectivity index (χ1n) is 16.4. The van der Waals surface area contributed by atoms with Crippen molar-refractivity contribution in [3.8, 4) is 0 Å². The van der Waals surface area contributed by atoms with Crippen molar-refractivity contribution in [3.63, 3.8) is 0 Å². The molecule has 1 aliphatic rings. The number of cyclic esters (lactones) is 1. The SMILES string of the molecule is CC(C)[C@H]1OC(=O)/C=C/C=C/C=C/C=C/C=C/C[C@H](O)[C@H](C)[C@@H](O)C[C@@H](O)C[C@H](O)C[C@@H](O)C[C@H](O)C[C@@H](O)C[C@@H](O)/C=C/[C@@H]1C. The molecule has 0 amide bonds. The number of aliphatic hydroxyl groups excluding tert-OH is 8. The van der Waals surface area contributed by atoms with E-state index in [1.54, 1.807) is 67.7 Å². The highest BCUT2D eigenvalue weighted by Gasteiger charge is 2.27. The molecule has 0 fully saturated rings. The maximum Gasteiger partial charge on any atom is 0.331 e. The Labute approximate surface area is 274 Å². The van der Waals surface area contributed by atoms with E-state index in [4.69, 9.17) is 4.74 Å². The van der Waals surface area contributed by atoms with Crippen LogP contribution in [0.1, 0.15) is 72.6 Å². The van der Waals surface area contributed by atoms with Gasteiger partial charge in [0, 0.05) is 24.3 Å². The normalized spacial score (nSPS) is 40.4. The molecule has 0 aromatic carbocycles. The number of hydrogen-bond acceptors (Lipinski definition) is 10. The Morgan fingerprint density at radius 3 is 1.59 bits per heavy atom. The van der Waals surface area contributed by atoms with Gasteiger partial charge in [-0.15, -0.1) is 0 Å². The lowest BCUT2D eigenvalue weighted by atomic mass is 9.90. The number of esters is 1. The van der Waals surface area contributed by atoms with E-state index in [9.17, 15) is 45.6 Å². The summed E-state index contributed by atoms with van der Waals surface area (Å²) in [4.78, 5) is 12.4. The third-order valence-electron chi connectivity index (χ3n) is 8.01. The van der Waals surface area contributed by atoms with E-state index < -0.39 is 66.8 Å². The van der Waals surface area contributed by atoms with E-state index in [-0.39, 0.29) is 50.4 Å². The Morgan fingerprint density at radius 2 is 1.07 bits per heavy atom. The van der Waals surface area contributed by atoms with Crippen LogP contribution in [0.4, 0.5) is 0 Å². The quantitative estimate of drug-likeness (QED) is 0.155. The van der Waals surface area contributed by atoms with Crippen LogP contribution in [0.5, 0.6) is 0 Å². The molecule has 0 aromatic heterocycles. The molecule has 46 heavy (non-hydrogen) atoms. The van der Waals surface area contributed by atoms with E-state index in [1.807, 2.05) is 20.8 Å². The van der Waals surface area contributed by atoms with E-state index in [0.717, 1.165) is 0 Å². The van der Waals surface area contributed by atoms with Crippen molar-refractivity contribution in [1.82, 2.24) is 0 Å². The fraction of sp³-hybridized carbons (Fsp3) is 0.639. The van der Waals surface area contributed by atoms with Gasteiger partial charge in [-0.25, -0.2) is 4.79 Å². The Balaban J connectivity index is 2.98.